The van der Waals surface area contributed by atoms with E-state index >= 15 is 0 Å². The van der Waals surface area contributed by atoms with Gasteiger partial charge < -0.3 is 4.90 Å². The van der Waals surface area contributed by atoms with Crippen molar-refractivity contribution in [1.82, 2.24) is 0 Å². The SMILES string of the molecule is C=C1N(C)c2ccccc2C1(CCC)CCC. The number of fused-ring (bicyclic) bond motifs is 1. The Labute approximate surface area is 105 Å². The van der Waals surface area contributed by atoms with Gasteiger partial charge in [0, 0.05) is 23.8 Å². The normalized spacial score (nSPS) is 17.4. The van der Waals surface area contributed by atoms with Crippen LogP contribution in [0.25, 0.3) is 0 Å². The Morgan fingerprint density at radius 3 is 2.29 bits per heavy atom. The Bertz CT molecular complexity index is 413. The summed E-state index contributed by atoms with van der Waals surface area (Å²) in [6, 6.07) is 8.78. The third-order valence-electron chi connectivity index (χ3n) is 4.09. The lowest BCUT2D eigenvalue weighted by Gasteiger charge is -2.31. The second-order valence-corrected chi connectivity index (χ2v) is 5.10. The number of hydrogen-bond donors (Lipinski definition) is 0. The highest BCUT2D eigenvalue weighted by Gasteiger charge is 2.43. The van der Waals surface area contributed by atoms with Crippen LogP contribution in [0.1, 0.15) is 45.1 Å². The Morgan fingerprint density at radius 1 is 1.12 bits per heavy atom. The zero-order chi connectivity index (χ0) is 12.5. The molecule has 1 aliphatic heterocycles. The van der Waals surface area contributed by atoms with E-state index in [0.29, 0.717) is 0 Å². The van der Waals surface area contributed by atoms with Crippen LogP contribution in [0.3, 0.4) is 0 Å². The Morgan fingerprint density at radius 2 is 1.71 bits per heavy atom. The van der Waals surface area contributed by atoms with Gasteiger partial charge in [-0.05, 0) is 24.5 Å². The molecule has 2 rings (SSSR count). The van der Waals surface area contributed by atoms with E-state index in [0.717, 1.165) is 0 Å². The zero-order valence-electron chi connectivity index (χ0n) is 11.3. The molecule has 1 heteroatoms. The zero-order valence-corrected chi connectivity index (χ0v) is 11.3. The molecule has 0 fully saturated rings. The standard InChI is InChI=1S/C16H23N/c1-5-11-16(12-6-2)13(3)17(4)15-10-8-7-9-14(15)16/h7-10H,3,5-6,11-12H2,1-2,4H3. The van der Waals surface area contributed by atoms with Crippen molar-refractivity contribution in [3.05, 3.63) is 42.1 Å². The number of likely N-dealkylation sites (N-methyl/N-ethyl adjacent to an activating group) is 1. The summed E-state index contributed by atoms with van der Waals surface area (Å²) in [6.07, 6.45) is 4.84. The van der Waals surface area contributed by atoms with Gasteiger partial charge in [-0.2, -0.15) is 0 Å². The highest BCUT2D eigenvalue weighted by atomic mass is 15.2. The lowest BCUT2D eigenvalue weighted by atomic mass is 9.73. The topological polar surface area (TPSA) is 3.24 Å². The molecule has 1 aromatic carbocycles. The van der Waals surface area contributed by atoms with Gasteiger partial charge >= 0.3 is 0 Å². The van der Waals surface area contributed by atoms with E-state index in [4.69, 9.17) is 0 Å². The lowest BCUT2D eigenvalue weighted by Crippen LogP contribution is -2.28. The summed E-state index contributed by atoms with van der Waals surface area (Å²) in [6.45, 7) is 8.91. The maximum atomic E-state index is 4.37. The van der Waals surface area contributed by atoms with Crippen molar-refractivity contribution in [2.24, 2.45) is 0 Å². The minimum absolute atomic E-state index is 0.189. The molecule has 1 nitrogen and oxygen atoms in total. The molecule has 0 atom stereocenters. The van der Waals surface area contributed by atoms with Gasteiger partial charge in [-0.25, -0.2) is 0 Å². The maximum absolute atomic E-state index is 4.37. The van der Waals surface area contributed by atoms with E-state index < -0.39 is 0 Å². The van der Waals surface area contributed by atoms with Crippen LogP contribution in [0, 0.1) is 0 Å². The Balaban J connectivity index is 2.55. The number of hydrogen-bond acceptors (Lipinski definition) is 1. The van der Waals surface area contributed by atoms with E-state index in [1.807, 2.05) is 0 Å². The van der Waals surface area contributed by atoms with Gasteiger partial charge in [0.2, 0.25) is 0 Å². The average Bonchev–Trinajstić information content (AvgIpc) is 2.55. The van der Waals surface area contributed by atoms with E-state index in [-0.39, 0.29) is 5.41 Å². The first-order valence-electron chi connectivity index (χ1n) is 6.70. The van der Waals surface area contributed by atoms with E-state index in [9.17, 15) is 0 Å². The van der Waals surface area contributed by atoms with E-state index in [1.165, 1.54) is 42.6 Å². The first-order chi connectivity index (χ1) is 8.17. The molecular formula is C16H23N. The predicted octanol–water partition coefficient (Wildman–Crippen LogP) is 4.49. The molecule has 0 unspecified atom stereocenters. The number of para-hydroxylation sites is 1. The molecule has 1 heterocycles. The summed E-state index contributed by atoms with van der Waals surface area (Å²) in [5.41, 5.74) is 4.30. The van der Waals surface area contributed by atoms with Crippen LogP contribution in [0.2, 0.25) is 0 Å². The van der Waals surface area contributed by atoms with E-state index in [1.54, 1.807) is 0 Å². The molecule has 92 valence electrons. The van der Waals surface area contributed by atoms with Crippen molar-refractivity contribution in [2.75, 3.05) is 11.9 Å². The number of allylic oxidation sites excluding steroid dienone is 1. The van der Waals surface area contributed by atoms with Crippen LogP contribution in [-0.4, -0.2) is 7.05 Å². The minimum Gasteiger partial charge on any atom is -0.348 e. The summed E-state index contributed by atoms with van der Waals surface area (Å²) >= 11 is 0. The maximum Gasteiger partial charge on any atom is 0.0448 e. The number of rotatable bonds is 4. The minimum atomic E-state index is 0.189. The van der Waals surface area contributed by atoms with Gasteiger partial charge in [0.15, 0.2) is 0 Å². The van der Waals surface area contributed by atoms with Crippen molar-refractivity contribution in [1.29, 1.82) is 0 Å². The Hall–Kier alpha value is -1.24. The van der Waals surface area contributed by atoms with Crippen LogP contribution < -0.4 is 4.90 Å². The summed E-state index contributed by atoms with van der Waals surface area (Å²) in [7, 11) is 2.15. The van der Waals surface area contributed by atoms with Crippen LogP contribution in [0.4, 0.5) is 5.69 Å². The summed E-state index contributed by atoms with van der Waals surface area (Å²) < 4.78 is 0. The molecule has 0 N–H and O–H groups in total. The van der Waals surface area contributed by atoms with Gasteiger partial charge in [0.25, 0.3) is 0 Å². The fourth-order valence-corrected chi connectivity index (χ4v) is 3.33. The molecule has 0 aliphatic carbocycles. The summed E-state index contributed by atoms with van der Waals surface area (Å²) in [4.78, 5) is 2.28. The summed E-state index contributed by atoms with van der Waals surface area (Å²) in [5.74, 6) is 0. The van der Waals surface area contributed by atoms with Gasteiger partial charge in [-0.3, -0.25) is 0 Å². The number of benzene rings is 1. The average molecular weight is 229 g/mol. The van der Waals surface area contributed by atoms with Crippen molar-refractivity contribution in [2.45, 2.75) is 44.9 Å². The largest absolute Gasteiger partial charge is 0.348 e. The number of anilines is 1. The quantitative estimate of drug-likeness (QED) is 0.735. The second-order valence-electron chi connectivity index (χ2n) is 5.10. The fourth-order valence-electron chi connectivity index (χ4n) is 3.33. The van der Waals surface area contributed by atoms with Gasteiger partial charge in [-0.15, -0.1) is 0 Å². The fraction of sp³-hybridized carbons (Fsp3) is 0.500. The second kappa shape index (κ2) is 4.56. The first-order valence-corrected chi connectivity index (χ1v) is 6.70. The first kappa shape index (κ1) is 12.2. The van der Waals surface area contributed by atoms with Gasteiger partial charge in [0.1, 0.15) is 0 Å². The van der Waals surface area contributed by atoms with Crippen molar-refractivity contribution >= 4 is 5.69 Å². The van der Waals surface area contributed by atoms with Crippen LogP contribution in [0.15, 0.2) is 36.5 Å². The molecular weight excluding hydrogens is 206 g/mol. The van der Waals surface area contributed by atoms with Crippen molar-refractivity contribution < 1.29 is 0 Å². The lowest BCUT2D eigenvalue weighted by molar-refractivity contribution is 0.428. The molecule has 0 saturated carbocycles. The molecule has 0 radical (unpaired) electrons. The molecule has 17 heavy (non-hydrogen) atoms. The molecule has 1 aliphatic rings. The highest BCUT2D eigenvalue weighted by molar-refractivity contribution is 5.69. The van der Waals surface area contributed by atoms with Crippen LogP contribution in [-0.2, 0) is 5.41 Å². The smallest absolute Gasteiger partial charge is 0.0448 e. The van der Waals surface area contributed by atoms with E-state index in [2.05, 4.69) is 56.6 Å². The van der Waals surface area contributed by atoms with Crippen LogP contribution >= 0.6 is 0 Å². The van der Waals surface area contributed by atoms with Crippen LogP contribution in [0.5, 0.6) is 0 Å². The summed E-state index contributed by atoms with van der Waals surface area (Å²) in [5, 5.41) is 0. The molecule has 0 saturated heterocycles. The molecule has 1 aromatic rings. The van der Waals surface area contributed by atoms with Crippen molar-refractivity contribution in [3.63, 3.8) is 0 Å². The molecule has 0 aromatic heterocycles. The number of nitrogens with zero attached hydrogens (tertiary/aromatic N) is 1. The monoisotopic (exact) mass is 229 g/mol. The van der Waals surface area contributed by atoms with Gasteiger partial charge in [0.05, 0.1) is 0 Å². The molecule has 0 amide bonds. The predicted molar refractivity (Wildman–Crippen MR) is 75.5 cm³/mol. The third-order valence-corrected chi connectivity index (χ3v) is 4.09. The van der Waals surface area contributed by atoms with Gasteiger partial charge in [-0.1, -0.05) is 51.5 Å². The highest BCUT2D eigenvalue weighted by Crippen LogP contribution is 2.51. The molecule has 0 spiro atoms. The Kier molecular flexibility index (Phi) is 3.28. The third kappa shape index (κ3) is 1.69. The van der Waals surface area contributed by atoms with Crippen molar-refractivity contribution in [3.8, 4) is 0 Å². The molecule has 0 bridgehead atoms.